The molecule has 1 N–H and O–H groups in total. The van der Waals surface area contributed by atoms with Crippen molar-refractivity contribution in [1.82, 2.24) is 5.32 Å². The van der Waals surface area contributed by atoms with Gasteiger partial charge in [0.05, 0.1) is 0 Å². The minimum atomic E-state index is -2.92. The van der Waals surface area contributed by atoms with Crippen LogP contribution in [0.1, 0.15) is 5.56 Å². The summed E-state index contributed by atoms with van der Waals surface area (Å²) in [5.41, 5.74) is 0.452. The largest absolute Gasteiger partial charge is 0.484 e. The number of halogens is 3. The molecule has 0 radical (unpaired) electrons. The van der Waals surface area contributed by atoms with Crippen molar-refractivity contribution in [3.8, 4) is 11.5 Å². The number of hydrogen-bond acceptors (Lipinski definition) is 3. The Morgan fingerprint density at radius 1 is 1.13 bits per heavy atom. The van der Waals surface area contributed by atoms with Crippen molar-refractivity contribution in [2.24, 2.45) is 0 Å². The highest BCUT2D eigenvalue weighted by Gasteiger charge is 2.10. The molecule has 0 fully saturated rings. The Morgan fingerprint density at radius 2 is 1.83 bits per heavy atom. The number of rotatable bonds is 7. The molecule has 2 rings (SSSR count). The molecule has 0 unspecified atom stereocenters. The number of benzene rings is 2. The van der Waals surface area contributed by atoms with Crippen LogP contribution < -0.4 is 14.8 Å². The van der Waals surface area contributed by atoms with Crippen molar-refractivity contribution in [3.63, 3.8) is 0 Å². The molecule has 0 spiro atoms. The van der Waals surface area contributed by atoms with Gasteiger partial charge in [-0.05, 0) is 30.3 Å². The van der Waals surface area contributed by atoms with Gasteiger partial charge in [0, 0.05) is 17.1 Å². The molecule has 0 aliphatic heterocycles. The van der Waals surface area contributed by atoms with Crippen LogP contribution in [0.3, 0.4) is 0 Å². The summed E-state index contributed by atoms with van der Waals surface area (Å²) in [4.78, 5) is 11.7. The Morgan fingerprint density at radius 3 is 2.52 bits per heavy atom. The number of carbonyl (C=O) groups excluding carboxylic acids is 1. The zero-order chi connectivity index (χ0) is 16.7. The van der Waals surface area contributed by atoms with Gasteiger partial charge in [-0.3, -0.25) is 4.79 Å². The van der Waals surface area contributed by atoms with E-state index in [1.165, 1.54) is 6.07 Å². The second-order valence-electron chi connectivity index (χ2n) is 4.51. The van der Waals surface area contributed by atoms with E-state index in [9.17, 15) is 13.6 Å². The van der Waals surface area contributed by atoms with Gasteiger partial charge in [-0.25, -0.2) is 0 Å². The summed E-state index contributed by atoms with van der Waals surface area (Å²) in [5, 5.41) is 3.15. The monoisotopic (exact) mass is 341 g/mol. The highest BCUT2D eigenvalue weighted by molar-refractivity contribution is 6.30. The zero-order valence-electron chi connectivity index (χ0n) is 12.0. The number of para-hydroxylation sites is 1. The lowest BCUT2D eigenvalue weighted by Gasteiger charge is -2.11. The molecule has 2 aromatic carbocycles. The Labute approximate surface area is 137 Å². The van der Waals surface area contributed by atoms with Gasteiger partial charge in [0.25, 0.3) is 5.91 Å². The van der Waals surface area contributed by atoms with Gasteiger partial charge in [-0.1, -0.05) is 29.8 Å². The quantitative estimate of drug-likeness (QED) is 0.836. The van der Waals surface area contributed by atoms with Crippen molar-refractivity contribution in [2.45, 2.75) is 13.2 Å². The zero-order valence-corrected chi connectivity index (χ0v) is 12.7. The number of carbonyl (C=O) groups is 1. The molecular formula is C16H14ClF2NO3. The lowest BCUT2D eigenvalue weighted by molar-refractivity contribution is -0.123. The van der Waals surface area contributed by atoms with E-state index >= 15 is 0 Å². The van der Waals surface area contributed by atoms with Gasteiger partial charge in [-0.15, -0.1) is 0 Å². The van der Waals surface area contributed by atoms with E-state index in [1.54, 1.807) is 42.5 Å². The summed E-state index contributed by atoms with van der Waals surface area (Å²) in [5.74, 6) is 0.152. The first kappa shape index (κ1) is 17.0. The number of amides is 1. The summed E-state index contributed by atoms with van der Waals surface area (Å²) in [7, 11) is 0. The molecule has 0 aliphatic carbocycles. The van der Waals surface area contributed by atoms with Crippen LogP contribution in [0, 0.1) is 0 Å². The van der Waals surface area contributed by atoms with Gasteiger partial charge >= 0.3 is 6.61 Å². The average Bonchev–Trinajstić information content (AvgIpc) is 2.53. The smallest absolute Gasteiger partial charge is 0.387 e. The molecule has 0 bridgehead atoms. The maximum Gasteiger partial charge on any atom is 0.387 e. The third kappa shape index (κ3) is 5.75. The molecule has 23 heavy (non-hydrogen) atoms. The Balaban J connectivity index is 1.83. The summed E-state index contributed by atoms with van der Waals surface area (Å²) >= 11 is 5.74. The van der Waals surface area contributed by atoms with Crippen molar-refractivity contribution >= 4 is 17.5 Å². The van der Waals surface area contributed by atoms with Crippen molar-refractivity contribution in [3.05, 3.63) is 59.1 Å². The lowest BCUT2D eigenvalue weighted by Crippen LogP contribution is -2.28. The van der Waals surface area contributed by atoms with Gasteiger partial charge in [-0.2, -0.15) is 8.78 Å². The highest BCUT2D eigenvalue weighted by atomic mass is 35.5. The summed E-state index contributed by atoms with van der Waals surface area (Å²) in [6, 6.07) is 12.8. The fourth-order valence-corrected chi connectivity index (χ4v) is 1.91. The molecule has 7 heteroatoms. The lowest BCUT2D eigenvalue weighted by atomic mass is 10.2. The van der Waals surface area contributed by atoms with Gasteiger partial charge in [0.15, 0.2) is 6.61 Å². The summed E-state index contributed by atoms with van der Waals surface area (Å²) in [6.45, 7) is -3.05. The van der Waals surface area contributed by atoms with Crippen LogP contribution in [0.25, 0.3) is 0 Å². The minimum absolute atomic E-state index is 0.0291. The van der Waals surface area contributed by atoms with E-state index in [1.807, 2.05) is 0 Å². The Kier molecular flexibility index (Phi) is 6.17. The molecule has 0 saturated carbocycles. The number of alkyl halides is 2. The van der Waals surface area contributed by atoms with E-state index in [-0.39, 0.29) is 24.8 Å². The predicted octanol–water partition coefficient (Wildman–Crippen LogP) is 3.64. The van der Waals surface area contributed by atoms with Crippen LogP contribution in [-0.2, 0) is 11.3 Å². The third-order valence-corrected chi connectivity index (χ3v) is 3.10. The molecular weight excluding hydrogens is 328 g/mol. The van der Waals surface area contributed by atoms with Gasteiger partial charge in [0.2, 0.25) is 0 Å². The molecule has 0 heterocycles. The fourth-order valence-electron chi connectivity index (χ4n) is 1.79. The van der Waals surface area contributed by atoms with Gasteiger partial charge in [0.1, 0.15) is 11.5 Å². The molecule has 2 aromatic rings. The maximum atomic E-state index is 12.3. The van der Waals surface area contributed by atoms with Crippen molar-refractivity contribution in [2.75, 3.05) is 6.61 Å². The van der Waals surface area contributed by atoms with E-state index in [0.717, 1.165) is 0 Å². The van der Waals surface area contributed by atoms with Crippen molar-refractivity contribution < 1.29 is 23.0 Å². The molecule has 4 nitrogen and oxygen atoms in total. The van der Waals surface area contributed by atoms with Crippen LogP contribution in [-0.4, -0.2) is 19.1 Å². The van der Waals surface area contributed by atoms with Crippen LogP contribution >= 0.6 is 11.6 Å². The van der Waals surface area contributed by atoms with Crippen LogP contribution in [0.15, 0.2) is 48.5 Å². The Bertz CT molecular complexity index is 650. The molecule has 122 valence electrons. The van der Waals surface area contributed by atoms with E-state index in [2.05, 4.69) is 10.1 Å². The molecule has 0 atom stereocenters. The molecule has 0 saturated heterocycles. The topological polar surface area (TPSA) is 47.6 Å². The first-order valence-electron chi connectivity index (χ1n) is 6.72. The normalized spacial score (nSPS) is 10.4. The number of ether oxygens (including phenoxy) is 2. The first-order chi connectivity index (χ1) is 11.0. The van der Waals surface area contributed by atoms with Crippen LogP contribution in [0.5, 0.6) is 11.5 Å². The van der Waals surface area contributed by atoms with E-state index < -0.39 is 6.61 Å². The van der Waals surface area contributed by atoms with E-state index in [4.69, 9.17) is 16.3 Å². The molecule has 0 aliphatic rings. The summed E-state index contributed by atoms with van der Waals surface area (Å²) in [6.07, 6.45) is 0. The van der Waals surface area contributed by atoms with Gasteiger partial charge < -0.3 is 14.8 Å². The highest BCUT2D eigenvalue weighted by Crippen LogP contribution is 2.20. The molecule has 0 aromatic heterocycles. The van der Waals surface area contributed by atoms with Crippen LogP contribution in [0.4, 0.5) is 8.78 Å². The third-order valence-electron chi connectivity index (χ3n) is 2.85. The average molecular weight is 342 g/mol. The molecule has 1 amide bonds. The van der Waals surface area contributed by atoms with E-state index in [0.29, 0.717) is 16.3 Å². The van der Waals surface area contributed by atoms with Crippen LogP contribution in [0.2, 0.25) is 5.02 Å². The Hall–Kier alpha value is -2.34. The second-order valence-corrected chi connectivity index (χ2v) is 4.94. The minimum Gasteiger partial charge on any atom is -0.484 e. The second kappa shape index (κ2) is 8.33. The predicted molar refractivity (Wildman–Crippen MR) is 81.9 cm³/mol. The SMILES string of the molecule is O=C(COc1ccc(Cl)cc1)NCc1ccccc1OC(F)F. The number of hydrogen-bond donors (Lipinski definition) is 1. The fraction of sp³-hybridized carbons (Fsp3) is 0.188. The standard InChI is InChI=1S/C16H14ClF2NO3/c17-12-5-7-13(8-6-12)22-10-15(21)20-9-11-3-1-2-4-14(11)23-16(18)19/h1-8,16H,9-10H2,(H,20,21). The number of nitrogens with one attached hydrogen (secondary N) is 1. The van der Waals surface area contributed by atoms with Crippen molar-refractivity contribution in [1.29, 1.82) is 0 Å². The first-order valence-corrected chi connectivity index (χ1v) is 7.10. The summed E-state index contributed by atoms with van der Waals surface area (Å²) < 4.78 is 34.3. The maximum absolute atomic E-state index is 12.3.